The minimum atomic E-state index is -0.134. The number of hydrogen-bond donors (Lipinski definition) is 0. The highest BCUT2D eigenvalue weighted by Crippen LogP contribution is 2.20. The van der Waals surface area contributed by atoms with Crippen LogP contribution in [0.3, 0.4) is 0 Å². The first-order valence-electron chi connectivity index (χ1n) is 11.5. The number of rotatable bonds is 12. The van der Waals surface area contributed by atoms with Gasteiger partial charge in [0.25, 0.3) is 0 Å². The van der Waals surface area contributed by atoms with Crippen molar-refractivity contribution in [2.45, 2.75) is 53.6 Å². The Morgan fingerprint density at radius 3 is 2.28 bits per heavy atom. The zero-order valence-electron chi connectivity index (χ0n) is 20.3. The van der Waals surface area contributed by atoms with Crippen LogP contribution >= 0.6 is 0 Å². The standard InChI is InChI=1S/C26H39N3O3/c1-6-32-17-11-16-28(24(30)18-26(2,3)4)21-25(31)29(19-22-12-8-7-9-13-22)20-23-14-10-15-27(23)5/h7-10,12-15H,6,11,16-21H2,1-5H3. The SMILES string of the molecule is CCOCCCN(CC(=O)N(Cc1ccccc1)Cc1cccn1C)C(=O)CC(C)(C)C. The van der Waals surface area contributed by atoms with Crippen LogP contribution in [0, 0.1) is 5.41 Å². The number of benzene rings is 1. The molecule has 6 heteroatoms. The summed E-state index contributed by atoms with van der Waals surface area (Å²) >= 11 is 0. The maximum Gasteiger partial charge on any atom is 0.242 e. The van der Waals surface area contributed by atoms with Crippen molar-refractivity contribution in [3.8, 4) is 0 Å². The van der Waals surface area contributed by atoms with E-state index in [2.05, 4.69) is 0 Å². The average molecular weight is 442 g/mol. The number of nitrogens with zero attached hydrogens (tertiary/aromatic N) is 3. The van der Waals surface area contributed by atoms with Crippen LogP contribution in [0.25, 0.3) is 0 Å². The predicted octanol–water partition coefficient (Wildman–Crippen LogP) is 4.25. The Labute approximate surface area is 193 Å². The highest BCUT2D eigenvalue weighted by molar-refractivity contribution is 5.85. The maximum absolute atomic E-state index is 13.4. The van der Waals surface area contributed by atoms with Gasteiger partial charge in [-0.3, -0.25) is 9.59 Å². The second-order valence-corrected chi connectivity index (χ2v) is 9.45. The molecule has 0 aliphatic rings. The van der Waals surface area contributed by atoms with Crippen LogP contribution < -0.4 is 0 Å². The van der Waals surface area contributed by atoms with Gasteiger partial charge in [0.05, 0.1) is 13.1 Å². The van der Waals surface area contributed by atoms with Crippen molar-refractivity contribution in [2.24, 2.45) is 12.5 Å². The van der Waals surface area contributed by atoms with Gasteiger partial charge < -0.3 is 19.1 Å². The molecular formula is C26H39N3O3. The van der Waals surface area contributed by atoms with E-state index in [4.69, 9.17) is 4.74 Å². The van der Waals surface area contributed by atoms with E-state index < -0.39 is 0 Å². The maximum atomic E-state index is 13.4. The lowest BCUT2D eigenvalue weighted by Crippen LogP contribution is -2.44. The zero-order valence-corrected chi connectivity index (χ0v) is 20.3. The molecule has 2 aromatic rings. The number of aryl methyl sites for hydroxylation is 1. The number of carbonyl (C=O) groups excluding carboxylic acids is 2. The summed E-state index contributed by atoms with van der Waals surface area (Å²) in [6, 6.07) is 14.0. The summed E-state index contributed by atoms with van der Waals surface area (Å²) in [4.78, 5) is 30.0. The van der Waals surface area contributed by atoms with Gasteiger partial charge in [-0.05, 0) is 36.5 Å². The molecule has 32 heavy (non-hydrogen) atoms. The quantitative estimate of drug-likeness (QED) is 0.463. The van der Waals surface area contributed by atoms with Crippen molar-refractivity contribution < 1.29 is 14.3 Å². The molecule has 0 bridgehead atoms. The van der Waals surface area contributed by atoms with Gasteiger partial charge >= 0.3 is 0 Å². The van der Waals surface area contributed by atoms with Crippen LogP contribution in [0.15, 0.2) is 48.7 Å². The summed E-state index contributed by atoms with van der Waals surface area (Å²) in [5.74, 6) is -0.0328. The van der Waals surface area contributed by atoms with E-state index in [9.17, 15) is 9.59 Å². The average Bonchev–Trinajstić information content (AvgIpc) is 3.13. The molecular weight excluding hydrogens is 402 g/mol. The number of amides is 2. The fourth-order valence-corrected chi connectivity index (χ4v) is 3.51. The van der Waals surface area contributed by atoms with Gasteiger partial charge in [-0.25, -0.2) is 0 Å². The largest absolute Gasteiger partial charge is 0.382 e. The van der Waals surface area contributed by atoms with Gasteiger partial charge in [0.15, 0.2) is 0 Å². The Morgan fingerprint density at radius 1 is 0.969 bits per heavy atom. The van der Waals surface area contributed by atoms with E-state index in [1.165, 1.54) is 0 Å². The Hall–Kier alpha value is -2.60. The third kappa shape index (κ3) is 8.87. The molecule has 0 aliphatic carbocycles. The molecule has 0 unspecified atom stereocenters. The monoisotopic (exact) mass is 441 g/mol. The smallest absolute Gasteiger partial charge is 0.242 e. The molecule has 0 aliphatic heterocycles. The molecule has 0 atom stereocenters. The van der Waals surface area contributed by atoms with Gasteiger partial charge in [0, 0.05) is 51.7 Å². The number of ether oxygens (including phenoxy) is 1. The zero-order chi connectivity index (χ0) is 23.6. The second kappa shape index (κ2) is 12.4. The predicted molar refractivity (Wildman–Crippen MR) is 128 cm³/mol. The molecule has 0 spiro atoms. The minimum absolute atomic E-state index is 0.0147. The fourth-order valence-electron chi connectivity index (χ4n) is 3.51. The van der Waals surface area contributed by atoms with E-state index in [0.29, 0.717) is 45.7 Å². The van der Waals surface area contributed by atoms with Crippen LogP contribution in [0.4, 0.5) is 0 Å². The summed E-state index contributed by atoms with van der Waals surface area (Å²) in [7, 11) is 1.98. The molecule has 0 saturated heterocycles. The van der Waals surface area contributed by atoms with E-state index >= 15 is 0 Å². The third-order valence-electron chi connectivity index (χ3n) is 5.25. The Morgan fingerprint density at radius 2 is 1.69 bits per heavy atom. The molecule has 0 radical (unpaired) electrons. The molecule has 1 aromatic heterocycles. The van der Waals surface area contributed by atoms with E-state index in [1.807, 2.05) is 92.9 Å². The van der Waals surface area contributed by atoms with Gasteiger partial charge in [-0.1, -0.05) is 51.1 Å². The molecule has 0 saturated carbocycles. The Balaban J connectivity index is 2.16. The molecule has 0 fully saturated rings. The van der Waals surface area contributed by atoms with Crippen LogP contribution in [-0.2, 0) is 34.5 Å². The molecule has 6 nitrogen and oxygen atoms in total. The van der Waals surface area contributed by atoms with Gasteiger partial charge in [-0.15, -0.1) is 0 Å². The fraction of sp³-hybridized carbons (Fsp3) is 0.538. The lowest BCUT2D eigenvalue weighted by atomic mass is 9.91. The molecule has 0 N–H and O–H groups in total. The van der Waals surface area contributed by atoms with Gasteiger partial charge in [-0.2, -0.15) is 0 Å². The van der Waals surface area contributed by atoms with E-state index in [0.717, 1.165) is 11.3 Å². The lowest BCUT2D eigenvalue weighted by Gasteiger charge is -2.30. The summed E-state index contributed by atoms with van der Waals surface area (Å²) in [6.07, 6.45) is 3.10. The molecule has 2 amide bonds. The van der Waals surface area contributed by atoms with Crippen LogP contribution in [0.2, 0.25) is 0 Å². The highest BCUT2D eigenvalue weighted by atomic mass is 16.5. The minimum Gasteiger partial charge on any atom is -0.382 e. The normalized spacial score (nSPS) is 11.4. The number of hydrogen-bond acceptors (Lipinski definition) is 3. The Bertz CT molecular complexity index is 840. The summed E-state index contributed by atoms with van der Waals surface area (Å²) in [5.41, 5.74) is 1.99. The number of carbonyl (C=O) groups is 2. The summed E-state index contributed by atoms with van der Waals surface area (Å²) in [5, 5.41) is 0. The van der Waals surface area contributed by atoms with Crippen molar-refractivity contribution in [1.29, 1.82) is 0 Å². The van der Waals surface area contributed by atoms with Crippen LogP contribution in [-0.4, -0.2) is 52.5 Å². The topological polar surface area (TPSA) is 54.8 Å². The van der Waals surface area contributed by atoms with Crippen LogP contribution in [0.1, 0.15) is 51.8 Å². The second-order valence-electron chi connectivity index (χ2n) is 9.45. The van der Waals surface area contributed by atoms with E-state index in [-0.39, 0.29) is 23.8 Å². The molecule has 1 aromatic carbocycles. The van der Waals surface area contributed by atoms with Crippen molar-refractivity contribution >= 4 is 11.8 Å². The van der Waals surface area contributed by atoms with Crippen LogP contribution in [0.5, 0.6) is 0 Å². The van der Waals surface area contributed by atoms with Crippen molar-refractivity contribution in [3.05, 3.63) is 59.9 Å². The van der Waals surface area contributed by atoms with Crippen molar-refractivity contribution in [3.63, 3.8) is 0 Å². The van der Waals surface area contributed by atoms with Crippen molar-refractivity contribution in [1.82, 2.24) is 14.4 Å². The van der Waals surface area contributed by atoms with Gasteiger partial charge in [0.2, 0.25) is 11.8 Å². The number of aromatic nitrogens is 1. The molecule has 1 heterocycles. The highest BCUT2D eigenvalue weighted by Gasteiger charge is 2.25. The van der Waals surface area contributed by atoms with Gasteiger partial charge in [0.1, 0.15) is 0 Å². The van der Waals surface area contributed by atoms with Crippen molar-refractivity contribution in [2.75, 3.05) is 26.3 Å². The molecule has 176 valence electrons. The molecule has 2 rings (SSSR count). The first-order chi connectivity index (χ1) is 15.2. The summed E-state index contributed by atoms with van der Waals surface area (Å²) < 4.78 is 7.47. The van der Waals surface area contributed by atoms with E-state index in [1.54, 1.807) is 4.90 Å². The Kier molecular flexibility index (Phi) is 9.97. The first kappa shape index (κ1) is 25.7. The third-order valence-corrected chi connectivity index (χ3v) is 5.25. The summed E-state index contributed by atoms with van der Waals surface area (Å²) in [6.45, 7) is 10.9. The first-order valence-corrected chi connectivity index (χ1v) is 11.5. The lowest BCUT2D eigenvalue weighted by molar-refractivity contribution is -0.142.